The molecule has 1 aromatic heterocycles. The SMILES string of the molecule is CCC[C@@H]1NC(=O)[C@H](CO)NC(=O)[C@H](CC(C)C)NC(=O)CNC2(CNC(=O)[C@H](Cc3c[nH]c4ccccc34)NC(=O)[C@H](C)NC1=O)COC2. The number of carbonyl (C=O) groups is 6. The third kappa shape index (κ3) is 10.0. The number of aromatic nitrogens is 1. The molecule has 0 saturated carbocycles. The van der Waals surface area contributed by atoms with E-state index in [1.807, 2.05) is 45.0 Å². The molecule has 1 aromatic carbocycles. The Labute approximate surface area is 291 Å². The third-order valence-corrected chi connectivity index (χ3v) is 8.85. The predicted molar refractivity (Wildman–Crippen MR) is 183 cm³/mol. The minimum atomic E-state index is -1.41. The van der Waals surface area contributed by atoms with Crippen LogP contribution in [0.4, 0.5) is 0 Å². The van der Waals surface area contributed by atoms with Crippen LogP contribution < -0.4 is 37.2 Å². The van der Waals surface area contributed by atoms with Gasteiger partial charge in [0.05, 0.1) is 31.9 Å². The van der Waals surface area contributed by atoms with Gasteiger partial charge in [0.25, 0.3) is 0 Å². The van der Waals surface area contributed by atoms with Crippen molar-refractivity contribution in [2.45, 2.75) is 89.1 Å². The minimum absolute atomic E-state index is 0.00961. The van der Waals surface area contributed by atoms with E-state index >= 15 is 0 Å². The van der Waals surface area contributed by atoms with Crippen molar-refractivity contribution >= 4 is 46.3 Å². The van der Waals surface area contributed by atoms with E-state index in [2.05, 4.69) is 42.2 Å². The van der Waals surface area contributed by atoms with Gasteiger partial charge in [-0.2, -0.15) is 0 Å². The summed E-state index contributed by atoms with van der Waals surface area (Å²) in [6.07, 6.45) is 2.86. The fraction of sp³-hybridized carbons (Fsp3) is 0.588. The number of amides is 6. The Morgan fingerprint density at radius 3 is 2.16 bits per heavy atom. The summed E-state index contributed by atoms with van der Waals surface area (Å²) >= 11 is 0. The second kappa shape index (κ2) is 17.4. The average molecular weight is 699 g/mol. The Bertz CT molecular complexity index is 1540. The zero-order valence-corrected chi connectivity index (χ0v) is 29.0. The molecular weight excluding hydrogens is 648 g/mol. The maximum absolute atomic E-state index is 13.7. The van der Waals surface area contributed by atoms with Gasteiger partial charge in [-0.3, -0.25) is 34.1 Å². The zero-order chi connectivity index (χ0) is 36.4. The molecule has 6 amide bonds. The van der Waals surface area contributed by atoms with Crippen LogP contribution in [0.2, 0.25) is 0 Å². The van der Waals surface area contributed by atoms with Gasteiger partial charge in [-0.25, -0.2) is 0 Å². The van der Waals surface area contributed by atoms with E-state index in [9.17, 15) is 33.9 Å². The summed E-state index contributed by atoms with van der Waals surface area (Å²) in [4.78, 5) is 83.3. The van der Waals surface area contributed by atoms with Crippen LogP contribution in [0.15, 0.2) is 30.5 Å². The lowest BCUT2D eigenvalue weighted by molar-refractivity contribution is -0.135. The van der Waals surface area contributed by atoms with E-state index < -0.39 is 77.8 Å². The van der Waals surface area contributed by atoms with Crippen molar-refractivity contribution in [3.63, 3.8) is 0 Å². The van der Waals surface area contributed by atoms with Gasteiger partial charge in [0.15, 0.2) is 0 Å². The average Bonchev–Trinajstić information content (AvgIpc) is 3.47. The molecule has 16 nitrogen and oxygen atoms in total. The van der Waals surface area contributed by atoms with Crippen LogP contribution in [0.3, 0.4) is 0 Å². The van der Waals surface area contributed by atoms with Crippen LogP contribution in [0.5, 0.6) is 0 Å². The molecule has 2 aliphatic heterocycles. The fourth-order valence-corrected chi connectivity index (χ4v) is 5.91. The summed E-state index contributed by atoms with van der Waals surface area (Å²) in [7, 11) is 0. The molecule has 0 unspecified atom stereocenters. The molecule has 0 bridgehead atoms. The normalized spacial score (nSPS) is 26.2. The maximum Gasteiger partial charge on any atom is 0.245 e. The highest BCUT2D eigenvalue weighted by atomic mass is 16.5. The van der Waals surface area contributed by atoms with Crippen molar-refractivity contribution in [1.82, 2.24) is 42.2 Å². The summed E-state index contributed by atoms with van der Waals surface area (Å²) < 4.78 is 5.43. The molecule has 2 fully saturated rings. The zero-order valence-electron chi connectivity index (χ0n) is 29.0. The number of aromatic amines is 1. The molecule has 2 saturated heterocycles. The molecule has 5 atom stereocenters. The number of hydrogen-bond acceptors (Lipinski definition) is 9. The van der Waals surface area contributed by atoms with Crippen LogP contribution in [-0.2, 0) is 39.9 Å². The molecule has 16 heteroatoms. The molecule has 9 N–H and O–H groups in total. The van der Waals surface area contributed by atoms with E-state index in [4.69, 9.17) is 4.74 Å². The number of carbonyl (C=O) groups excluding carboxylic acids is 6. The number of fused-ring (bicyclic) bond motifs is 1. The largest absolute Gasteiger partial charge is 0.394 e. The van der Waals surface area contributed by atoms with Gasteiger partial charge in [0.1, 0.15) is 30.2 Å². The quantitative estimate of drug-likeness (QED) is 0.163. The first-order valence-corrected chi connectivity index (χ1v) is 17.1. The van der Waals surface area contributed by atoms with Gasteiger partial charge in [-0.05, 0) is 37.3 Å². The number of aliphatic hydroxyl groups excluding tert-OH is 1. The number of rotatable bonds is 7. The van der Waals surface area contributed by atoms with Gasteiger partial charge in [0.2, 0.25) is 35.4 Å². The number of para-hydroxylation sites is 1. The molecule has 4 rings (SSSR count). The maximum atomic E-state index is 13.7. The Kier molecular flexibility index (Phi) is 13.3. The first-order valence-electron chi connectivity index (χ1n) is 17.1. The second-order valence-corrected chi connectivity index (χ2v) is 13.5. The van der Waals surface area contributed by atoms with Gasteiger partial charge in [-0.15, -0.1) is 0 Å². The summed E-state index contributed by atoms with van der Waals surface area (Å²) in [5.41, 5.74) is 0.876. The number of benzene rings is 1. The van der Waals surface area contributed by atoms with Crippen molar-refractivity contribution in [3.8, 4) is 0 Å². The smallest absolute Gasteiger partial charge is 0.245 e. The Hall–Kier alpha value is -4.54. The van der Waals surface area contributed by atoms with Gasteiger partial charge < -0.3 is 46.7 Å². The first kappa shape index (κ1) is 38.3. The van der Waals surface area contributed by atoms with Crippen molar-refractivity contribution in [1.29, 1.82) is 0 Å². The van der Waals surface area contributed by atoms with Crippen molar-refractivity contribution in [2.75, 3.05) is 32.9 Å². The van der Waals surface area contributed by atoms with Crippen LogP contribution in [0.1, 0.15) is 52.5 Å². The second-order valence-electron chi connectivity index (χ2n) is 13.5. The van der Waals surface area contributed by atoms with Crippen LogP contribution in [-0.4, -0.2) is 114 Å². The molecule has 0 radical (unpaired) electrons. The van der Waals surface area contributed by atoms with Gasteiger partial charge in [-0.1, -0.05) is 45.4 Å². The molecule has 50 heavy (non-hydrogen) atoms. The summed E-state index contributed by atoms with van der Waals surface area (Å²) in [6, 6.07) is 1.91. The molecule has 3 heterocycles. The van der Waals surface area contributed by atoms with Gasteiger partial charge in [0, 0.05) is 30.1 Å². The highest BCUT2D eigenvalue weighted by Crippen LogP contribution is 2.20. The molecule has 1 spiro atoms. The highest BCUT2D eigenvalue weighted by Gasteiger charge is 2.40. The predicted octanol–water partition coefficient (Wildman–Crippen LogP) is -1.52. The van der Waals surface area contributed by atoms with Crippen LogP contribution >= 0.6 is 0 Å². The first-order chi connectivity index (χ1) is 23.8. The number of hydrogen-bond donors (Lipinski definition) is 9. The monoisotopic (exact) mass is 698 g/mol. The third-order valence-electron chi connectivity index (χ3n) is 8.85. The lowest BCUT2D eigenvalue weighted by Crippen LogP contribution is -2.68. The van der Waals surface area contributed by atoms with E-state index in [0.717, 1.165) is 16.5 Å². The minimum Gasteiger partial charge on any atom is -0.394 e. The molecular formula is C34H50N8O8. The van der Waals surface area contributed by atoms with Crippen molar-refractivity contribution in [3.05, 3.63) is 36.0 Å². The number of aliphatic hydroxyl groups is 1. The lowest BCUT2D eigenvalue weighted by atomic mass is 9.96. The summed E-state index contributed by atoms with van der Waals surface area (Å²) in [5.74, 6) is -3.76. The van der Waals surface area contributed by atoms with Gasteiger partial charge >= 0.3 is 0 Å². The van der Waals surface area contributed by atoms with E-state index in [1.165, 1.54) is 6.92 Å². The van der Waals surface area contributed by atoms with E-state index in [1.54, 1.807) is 6.20 Å². The lowest BCUT2D eigenvalue weighted by Gasteiger charge is -2.42. The molecule has 274 valence electrons. The van der Waals surface area contributed by atoms with Crippen LogP contribution in [0.25, 0.3) is 10.9 Å². The van der Waals surface area contributed by atoms with Crippen LogP contribution in [0, 0.1) is 5.92 Å². The standard InChI is InChI=1S/C34H50N8O8/c1-5-8-24-31(47)38-20(4)29(45)41-26(12-21-13-35-23-10-7-6-9-22(21)23)30(46)36-16-34(17-50-18-34)37-14-28(44)39-25(11-19(2)3)32(48)42-27(15-43)33(49)40-24/h6-7,9-10,13,19-20,24-27,35,37,43H,5,8,11-12,14-18H2,1-4H3,(H,36,46)(H,38,47)(H,39,44)(H,40,49)(H,41,45)(H,42,48)/t20-,24-,25-,26-,27-/m0/s1. The Morgan fingerprint density at radius 2 is 1.50 bits per heavy atom. The number of ether oxygens (including phenoxy) is 1. The van der Waals surface area contributed by atoms with Crippen molar-refractivity contribution < 1.29 is 38.6 Å². The molecule has 2 aliphatic rings. The Morgan fingerprint density at radius 1 is 0.840 bits per heavy atom. The van der Waals surface area contributed by atoms with E-state index in [0.29, 0.717) is 6.42 Å². The molecule has 2 aromatic rings. The fourth-order valence-electron chi connectivity index (χ4n) is 5.91. The summed E-state index contributed by atoms with van der Waals surface area (Å²) in [6.45, 7) is 6.53. The Balaban J connectivity index is 1.62. The summed E-state index contributed by atoms with van der Waals surface area (Å²) in [5, 5.41) is 30.1. The number of nitrogens with one attached hydrogen (secondary N) is 8. The number of H-pyrrole nitrogens is 1. The van der Waals surface area contributed by atoms with E-state index in [-0.39, 0.29) is 51.5 Å². The molecule has 0 aliphatic carbocycles. The van der Waals surface area contributed by atoms with Crippen molar-refractivity contribution in [2.24, 2.45) is 5.92 Å². The topological polar surface area (TPSA) is 232 Å². The highest BCUT2D eigenvalue weighted by molar-refractivity contribution is 5.96.